The molecule has 0 aromatic heterocycles. The van der Waals surface area contributed by atoms with Crippen molar-refractivity contribution in [1.82, 2.24) is 4.90 Å². The maximum Gasteiger partial charge on any atom is 0.411 e. The van der Waals surface area contributed by atoms with Crippen molar-refractivity contribution < 1.29 is 17.9 Å². The Kier molecular flexibility index (Phi) is 4.94. The van der Waals surface area contributed by atoms with Gasteiger partial charge in [-0.25, -0.2) is 13.2 Å². The maximum atomic E-state index is 12.0. The van der Waals surface area contributed by atoms with E-state index >= 15 is 0 Å². The molecule has 0 N–H and O–H groups in total. The van der Waals surface area contributed by atoms with Crippen LogP contribution in [0.4, 0.5) is 4.79 Å². The predicted octanol–water partition coefficient (Wildman–Crippen LogP) is 1.73. The molecule has 1 heterocycles. The first-order valence-corrected chi connectivity index (χ1v) is 8.83. The molecular formula is C11H21NO4S2. The highest BCUT2D eigenvalue weighted by Gasteiger charge is 2.37. The standard InChI is InChI=1S/C11H21NO4S2/c1-5-18(14,15)9-8-17-7-6-12(9)10(13)16-11(2,3)4/h9H,5-8H2,1-4H3. The van der Waals surface area contributed by atoms with Crippen molar-refractivity contribution in [3.05, 3.63) is 0 Å². The zero-order valence-electron chi connectivity index (χ0n) is 11.3. The van der Waals surface area contributed by atoms with Crippen molar-refractivity contribution in [3.8, 4) is 0 Å². The Labute approximate surface area is 113 Å². The predicted molar refractivity (Wildman–Crippen MR) is 73.5 cm³/mol. The van der Waals surface area contributed by atoms with E-state index in [1.165, 1.54) is 4.90 Å². The highest BCUT2D eigenvalue weighted by Crippen LogP contribution is 2.23. The van der Waals surface area contributed by atoms with E-state index in [1.54, 1.807) is 39.5 Å². The number of sulfone groups is 1. The van der Waals surface area contributed by atoms with Gasteiger partial charge in [0.1, 0.15) is 11.0 Å². The van der Waals surface area contributed by atoms with E-state index in [4.69, 9.17) is 4.74 Å². The largest absolute Gasteiger partial charge is 0.444 e. The zero-order valence-corrected chi connectivity index (χ0v) is 12.9. The van der Waals surface area contributed by atoms with Gasteiger partial charge in [-0.1, -0.05) is 6.92 Å². The van der Waals surface area contributed by atoms with E-state index in [-0.39, 0.29) is 5.75 Å². The first-order valence-electron chi connectivity index (χ1n) is 5.96. The Balaban J connectivity index is 2.87. The molecule has 0 bridgehead atoms. The summed E-state index contributed by atoms with van der Waals surface area (Å²) in [6.07, 6.45) is -0.537. The number of thioether (sulfide) groups is 1. The van der Waals surface area contributed by atoms with Gasteiger partial charge in [0.25, 0.3) is 0 Å². The summed E-state index contributed by atoms with van der Waals surface area (Å²) in [7, 11) is -3.27. The van der Waals surface area contributed by atoms with Gasteiger partial charge in [-0.15, -0.1) is 0 Å². The Morgan fingerprint density at radius 3 is 2.56 bits per heavy atom. The summed E-state index contributed by atoms with van der Waals surface area (Å²) in [4.78, 5) is 13.4. The van der Waals surface area contributed by atoms with E-state index in [0.717, 1.165) is 5.75 Å². The first-order chi connectivity index (χ1) is 8.17. The molecule has 1 unspecified atom stereocenters. The average molecular weight is 295 g/mol. The van der Waals surface area contributed by atoms with Crippen molar-refractivity contribution in [2.45, 2.75) is 38.7 Å². The fraction of sp³-hybridized carbons (Fsp3) is 0.909. The quantitative estimate of drug-likeness (QED) is 0.776. The lowest BCUT2D eigenvalue weighted by Crippen LogP contribution is -2.52. The van der Waals surface area contributed by atoms with Gasteiger partial charge in [0, 0.05) is 23.8 Å². The molecule has 0 aliphatic carbocycles. The Hall–Kier alpha value is -0.430. The summed E-state index contributed by atoms with van der Waals surface area (Å²) in [6, 6.07) is 0. The molecule has 7 heteroatoms. The maximum absolute atomic E-state index is 12.0. The van der Waals surface area contributed by atoms with Crippen molar-refractivity contribution >= 4 is 27.7 Å². The second kappa shape index (κ2) is 5.69. The van der Waals surface area contributed by atoms with E-state index in [0.29, 0.717) is 12.3 Å². The van der Waals surface area contributed by atoms with Crippen molar-refractivity contribution in [1.29, 1.82) is 0 Å². The van der Waals surface area contributed by atoms with Gasteiger partial charge >= 0.3 is 6.09 Å². The number of carbonyl (C=O) groups is 1. The number of nitrogens with zero attached hydrogens (tertiary/aromatic N) is 1. The van der Waals surface area contributed by atoms with Crippen LogP contribution in [-0.2, 0) is 14.6 Å². The van der Waals surface area contributed by atoms with Gasteiger partial charge in [0.05, 0.1) is 0 Å². The average Bonchev–Trinajstić information content (AvgIpc) is 2.27. The molecule has 1 saturated heterocycles. The molecular weight excluding hydrogens is 274 g/mol. The van der Waals surface area contributed by atoms with Gasteiger partial charge in [0.15, 0.2) is 9.84 Å². The van der Waals surface area contributed by atoms with E-state index < -0.39 is 26.9 Å². The number of rotatable bonds is 2. The van der Waals surface area contributed by atoms with Crippen LogP contribution < -0.4 is 0 Å². The SMILES string of the molecule is CCS(=O)(=O)C1CSCCN1C(=O)OC(C)(C)C. The van der Waals surface area contributed by atoms with Crippen LogP contribution in [0.1, 0.15) is 27.7 Å². The van der Waals surface area contributed by atoms with Crippen LogP contribution in [0.2, 0.25) is 0 Å². The first kappa shape index (κ1) is 15.6. The molecule has 0 aromatic carbocycles. The van der Waals surface area contributed by atoms with Crippen LogP contribution in [0.5, 0.6) is 0 Å². The zero-order chi connectivity index (χ0) is 14.0. The van der Waals surface area contributed by atoms with Crippen LogP contribution in [0.25, 0.3) is 0 Å². The molecule has 0 radical (unpaired) electrons. The van der Waals surface area contributed by atoms with Gasteiger partial charge in [-0.05, 0) is 20.8 Å². The van der Waals surface area contributed by atoms with Gasteiger partial charge in [-0.2, -0.15) is 11.8 Å². The minimum absolute atomic E-state index is 0.0392. The third-order valence-electron chi connectivity index (χ3n) is 2.53. The second-order valence-electron chi connectivity index (χ2n) is 5.15. The highest BCUT2D eigenvalue weighted by molar-refractivity contribution is 8.01. The number of amides is 1. The van der Waals surface area contributed by atoms with Crippen molar-refractivity contribution in [2.24, 2.45) is 0 Å². The molecule has 1 fully saturated rings. The van der Waals surface area contributed by atoms with E-state index in [1.807, 2.05) is 0 Å². The fourth-order valence-corrected chi connectivity index (χ4v) is 4.56. The summed E-state index contributed by atoms with van der Waals surface area (Å²) >= 11 is 1.56. The minimum atomic E-state index is -3.27. The lowest BCUT2D eigenvalue weighted by atomic mass is 10.2. The Bertz CT molecular complexity index is 400. The fourth-order valence-electron chi connectivity index (χ4n) is 1.60. The summed E-state index contributed by atoms with van der Waals surface area (Å²) in [5.41, 5.74) is -0.609. The van der Waals surface area contributed by atoms with E-state index in [2.05, 4.69) is 0 Å². The lowest BCUT2D eigenvalue weighted by molar-refractivity contribution is 0.0242. The third kappa shape index (κ3) is 4.05. The van der Waals surface area contributed by atoms with Crippen LogP contribution >= 0.6 is 11.8 Å². The molecule has 106 valence electrons. The summed E-state index contributed by atoms with van der Waals surface area (Å²) in [5.74, 6) is 1.21. The molecule has 1 aliphatic heterocycles. The molecule has 1 aliphatic rings. The molecule has 0 saturated carbocycles. The van der Waals surface area contributed by atoms with Crippen LogP contribution in [0, 0.1) is 0 Å². The topological polar surface area (TPSA) is 63.7 Å². The number of carbonyl (C=O) groups excluding carboxylic acids is 1. The Morgan fingerprint density at radius 2 is 2.06 bits per heavy atom. The monoisotopic (exact) mass is 295 g/mol. The summed E-state index contributed by atoms with van der Waals surface area (Å²) in [5, 5.41) is -0.754. The smallest absolute Gasteiger partial charge is 0.411 e. The normalized spacial score (nSPS) is 21.8. The molecule has 1 atom stereocenters. The molecule has 0 aromatic rings. The van der Waals surface area contributed by atoms with Gasteiger partial charge < -0.3 is 4.74 Å². The summed E-state index contributed by atoms with van der Waals surface area (Å²) in [6.45, 7) is 7.33. The lowest BCUT2D eigenvalue weighted by Gasteiger charge is -2.35. The summed E-state index contributed by atoms with van der Waals surface area (Å²) < 4.78 is 29.2. The number of hydrogen-bond acceptors (Lipinski definition) is 5. The number of ether oxygens (including phenoxy) is 1. The van der Waals surface area contributed by atoms with Crippen molar-refractivity contribution in [3.63, 3.8) is 0 Å². The second-order valence-corrected chi connectivity index (χ2v) is 8.75. The number of hydrogen-bond donors (Lipinski definition) is 0. The van der Waals surface area contributed by atoms with Gasteiger partial charge in [0.2, 0.25) is 0 Å². The van der Waals surface area contributed by atoms with Crippen LogP contribution in [0.3, 0.4) is 0 Å². The van der Waals surface area contributed by atoms with E-state index in [9.17, 15) is 13.2 Å². The molecule has 1 rings (SSSR count). The van der Waals surface area contributed by atoms with Gasteiger partial charge in [-0.3, -0.25) is 4.90 Å². The Morgan fingerprint density at radius 1 is 1.44 bits per heavy atom. The molecule has 1 amide bonds. The molecule has 0 spiro atoms. The van der Waals surface area contributed by atoms with Crippen LogP contribution in [0.15, 0.2) is 0 Å². The molecule has 5 nitrogen and oxygen atoms in total. The third-order valence-corrected chi connectivity index (χ3v) is 5.82. The van der Waals surface area contributed by atoms with Crippen LogP contribution in [-0.4, -0.2) is 54.2 Å². The van der Waals surface area contributed by atoms with Crippen molar-refractivity contribution in [2.75, 3.05) is 23.8 Å². The highest BCUT2D eigenvalue weighted by atomic mass is 32.2. The minimum Gasteiger partial charge on any atom is -0.444 e. The molecule has 18 heavy (non-hydrogen) atoms.